The van der Waals surface area contributed by atoms with Gasteiger partial charge in [0.1, 0.15) is 5.75 Å². The maximum Gasteiger partial charge on any atom is 0.118 e. The standard InChI is InChI=1S/C28H19NO/c1-30-24-16-11-20(12-17-24)10-13-23-15-14-21-6-2-4-8-25(21)27(23)28-26-9-5-3-7-22(26)18-19-29-28/h2-9,11-12,14-19H,1H3. The molecule has 0 radical (unpaired) electrons. The lowest BCUT2D eigenvalue weighted by Gasteiger charge is -2.12. The van der Waals surface area contributed by atoms with E-state index in [0.29, 0.717) is 0 Å². The summed E-state index contributed by atoms with van der Waals surface area (Å²) in [5, 5.41) is 4.63. The fourth-order valence-electron chi connectivity index (χ4n) is 3.76. The van der Waals surface area contributed by atoms with Gasteiger partial charge in [-0.1, -0.05) is 66.4 Å². The van der Waals surface area contributed by atoms with Crippen LogP contribution in [0.5, 0.6) is 5.75 Å². The van der Waals surface area contributed by atoms with Gasteiger partial charge in [-0.2, -0.15) is 0 Å². The minimum absolute atomic E-state index is 0.826. The Balaban J connectivity index is 1.75. The molecular formula is C28H19NO. The van der Waals surface area contributed by atoms with Crippen molar-refractivity contribution in [1.82, 2.24) is 4.98 Å². The minimum atomic E-state index is 0.826. The predicted octanol–water partition coefficient (Wildman–Crippen LogP) is 6.46. The summed E-state index contributed by atoms with van der Waals surface area (Å²) in [6.45, 7) is 0. The van der Waals surface area contributed by atoms with Gasteiger partial charge in [0.25, 0.3) is 0 Å². The summed E-state index contributed by atoms with van der Waals surface area (Å²) in [6.07, 6.45) is 1.88. The second-order valence-electron chi connectivity index (χ2n) is 7.07. The lowest BCUT2D eigenvalue weighted by Crippen LogP contribution is -1.92. The summed E-state index contributed by atoms with van der Waals surface area (Å²) in [5.41, 5.74) is 3.95. The third-order valence-corrected chi connectivity index (χ3v) is 5.27. The molecule has 0 saturated heterocycles. The third-order valence-electron chi connectivity index (χ3n) is 5.27. The van der Waals surface area contributed by atoms with Gasteiger partial charge in [0.05, 0.1) is 12.8 Å². The van der Waals surface area contributed by atoms with Crippen molar-refractivity contribution in [3.05, 3.63) is 108 Å². The van der Waals surface area contributed by atoms with Crippen molar-refractivity contribution in [2.45, 2.75) is 0 Å². The molecular weight excluding hydrogens is 366 g/mol. The summed E-state index contributed by atoms with van der Waals surface area (Å²) in [6, 6.07) is 30.8. The number of nitrogens with zero attached hydrogens (tertiary/aromatic N) is 1. The van der Waals surface area contributed by atoms with Crippen LogP contribution in [0, 0.1) is 11.8 Å². The molecule has 4 aromatic carbocycles. The van der Waals surface area contributed by atoms with Crippen LogP contribution in [0.2, 0.25) is 0 Å². The van der Waals surface area contributed by atoms with E-state index in [-0.39, 0.29) is 0 Å². The van der Waals surface area contributed by atoms with E-state index in [9.17, 15) is 0 Å². The van der Waals surface area contributed by atoms with Crippen LogP contribution in [0.3, 0.4) is 0 Å². The highest BCUT2D eigenvalue weighted by molar-refractivity contribution is 6.05. The van der Waals surface area contributed by atoms with Crippen LogP contribution in [0.25, 0.3) is 32.8 Å². The first kappa shape index (κ1) is 18.0. The molecule has 0 amide bonds. The molecule has 142 valence electrons. The van der Waals surface area contributed by atoms with E-state index >= 15 is 0 Å². The van der Waals surface area contributed by atoms with Gasteiger partial charge in [-0.15, -0.1) is 0 Å². The molecule has 0 N–H and O–H groups in total. The number of rotatable bonds is 2. The van der Waals surface area contributed by atoms with Gasteiger partial charge >= 0.3 is 0 Å². The van der Waals surface area contributed by atoms with E-state index in [1.54, 1.807) is 7.11 Å². The average molecular weight is 385 g/mol. The Hall–Kier alpha value is -4.09. The smallest absolute Gasteiger partial charge is 0.118 e. The summed E-state index contributed by atoms with van der Waals surface area (Å²) < 4.78 is 5.24. The number of fused-ring (bicyclic) bond motifs is 2. The zero-order valence-corrected chi connectivity index (χ0v) is 16.6. The predicted molar refractivity (Wildman–Crippen MR) is 124 cm³/mol. The number of aromatic nitrogens is 1. The SMILES string of the molecule is COc1ccc(C#Cc2ccc3ccccc3c2-c2nccc3ccccc23)cc1. The third kappa shape index (κ3) is 3.27. The van der Waals surface area contributed by atoms with Gasteiger partial charge in [0.2, 0.25) is 0 Å². The number of pyridine rings is 1. The molecule has 1 heterocycles. The first-order valence-corrected chi connectivity index (χ1v) is 9.85. The highest BCUT2D eigenvalue weighted by Gasteiger charge is 2.13. The maximum absolute atomic E-state index is 5.24. The lowest BCUT2D eigenvalue weighted by atomic mass is 9.93. The van der Waals surface area contributed by atoms with Crippen LogP contribution in [0.1, 0.15) is 11.1 Å². The average Bonchev–Trinajstić information content (AvgIpc) is 2.82. The number of hydrogen-bond donors (Lipinski definition) is 0. The monoisotopic (exact) mass is 385 g/mol. The Bertz CT molecular complexity index is 1420. The number of benzene rings is 4. The molecule has 0 unspecified atom stereocenters. The van der Waals surface area contributed by atoms with Gasteiger partial charge in [-0.25, -0.2) is 0 Å². The summed E-state index contributed by atoms with van der Waals surface area (Å²) in [4.78, 5) is 4.78. The molecule has 2 nitrogen and oxygen atoms in total. The zero-order chi connectivity index (χ0) is 20.3. The molecule has 0 aliphatic heterocycles. The molecule has 0 aliphatic rings. The van der Waals surface area contributed by atoms with Crippen molar-refractivity contribution in [2.75, 3.05) is 7.11 Å². The van der Waals surface area contributed by atoms with Crippen molar-refractivity contribution in [1.29, 1.82) is 0 Å². The zero-order valence-electron chi connectivity index (χ0n) is 16.6. The van der Waals surface area contributed by atoms with E-state index in [1.807, 2.05) is 36.5 Å². The fourth-order valence-corrected chi connectivity index (χ4v) is 3.76. The second-order valence-corrected chi connectivity index (χ2v) is 7.07. The fraction of sp³-hybridized carbons (Fsp3) is 0.0357. The Kier molecular flexibility index (Phi) is 4.63. The van der Waals surface area contributed by atoms with Gasteiger partial charge in [-0.3, -0.25) is 4.98 Å². The van der Waals surface area contributed by atoms with E-state index in [0.717, 1.165) is 38.9 Å². The van der Waals surface area contributed by atoms with E-state index < -0.39 is 0 Å². The van der Waals surface area contributed by atoms with Crippen molar-refractivity contribution in [2.24, 2.45) is 0 Å². The number of ether oxygens (including phenoxy) is 1. The van der Waals surface area contributed by atoms with Gasteiger partial charge in [-0.05, 0) is 52.6 Å². The highest BCUT2D eigenvalue weighted by atomic mass is 16.5. The van der Waals surface area contributed by atoms with E-state index in [1.165, 1.54) is 10.8 Å². The molecule has 5 rings (SSSR count). The number of hydrogen-bond acceptors (Lipinski definition) is 2. The first-order chi connectivity index (χ1) is 14.8. The summed E-state index contributed by atoms with van der Waals surface area (Å²) in [7, 11) is 1.67. The molecule has 0 atom stereocenters. The van der Waals surface area contributed by atoms with E-state index in [4.69, 9.17) is 9.72 Å². The Morgan fingerprint density at radius 2 is 1.37 bits per heavy atom. The molecule has 0 fully saturated rings. The molecule has 30 heavy (non-hydrogen) atoms. The van der Waals surface area contributed by atoms with Crippen molar-refractivity contribution in [3.8, 4) is 28.8 Å². The minimum Gasteiger partial charge on any atom is -0.497 e. The molecule has 1 aromatic heterocycles. The Labute approximate surface area is 175 Å². The Morgan fingerprint density at radius 3 is 2.13 bits per heavy atom. The highest BCUT2D eigenvalue weighted by Crippen LogP contribution is 2.34. The molecule has 2 heteroatoms. The molecule has 0 saturated carbocycles. The van der Waals surface area contributed by atoms with Crippen LogP contribution >= 0.6 is 0 Å². The van der Waals surface area contributed by atoms with Crippen LogP contribution in [-0.2, 0) is 0 Å². The number of methoxy groups -OCH3 is 1. The van der Waals surface area contributed by atoms with Gasteiger partial charge in [0.15, 0.2) is 0 Å². The quantitative estimate of drug-likeness (QED) is 0.325. The largest absolute Gasteiger partial charge is 0.497 e. The van der Waals surface area contributed by atoms with Crippen LogP contribution in [0.4, 0.5) is 0 Å². The van der Waals surface area contributed by atoms with Crippen molar-refractivity contribution in [3.63, 3.8) is 0 Å². The van der Waals surface area contributed by atoms with Crippen molar-refractivity contribution >= 4 is 21.5 Å². The van der Waals surface area contributed by atoms with E-state index in [2.05, 4.69) is 72.5 Å². The second kappa shape index (κ2) is 7.73. The van der Waals surface area contributed by atoms with Crippen molar-refractivity contribution < 1.29 is 4.74 Å². The molecule has 0 aliphatic carbocycles. The van der Waals surface area contributed by atoms with Gasteiger partial charge < -0.3 is 4.74 Å². The maximum atomic E-state index is 5.24. The molecule has 0 bridgehead atoms. The van der Waals surface area contributed by atoms with Crippen LogP contribution < -0.4 is 4.74 Å². The lowest BCUT2D eigenvalue weighted by molar-refractivity contribution is 0.415. The summed E-state index contributed by atoms with van der Waals surface area (Å²) in [5.74, 6) is 7.52. The Morgan fingerprint density at radius 1 is 0.667 bits per heavy atom. The van der Waals surface area contributed by atoms with Gasteiger partial charge in [0, 0.05) is 28.3 Å². The molecule has 5 aromatic rings. The topological polar surface area (TPSA) is 22.1 Å². The summed E-state index contributed by atoms with van der Waals surface area (Å²) >= 11 is 0. The van der Waals surface area contributed by atoms with Crippen LogP contribution in [-0.4, -0.2) is 12.1 Å². The van der Waals surface area contributed by atoms with Crippen LogP contribution in [0.15, 0.2) is 97.2 Å². The normalized spacial score (nSPS) is 10.6. The first-order valence-electron chi connectivity index (χ1n) is 9.85. The molecule has 0 spiro atoms.